The van der Waals surface area contributed by atoms with Gasteiger partial charge in [-0.05, 0) is 6.92 Å². The monoisotopic (exact) mass is 535 g/mol. The molecule has 0 amide bonds. The third-order valence-corrected chi connectivity index (χ3v) is 6.42. The molecule has 1 fully saturated rings. The highest BCUT2D eigenvalue weighted by Crippen LogP contribution is 2.21. The van der Waals surface area contributed by atoms with Crippen LogP contribution in [0.2, 0.25) is 0 Å². The van der Waals surface area contributed by atoms with Crippen molar-refractivity contribution < 1.29 is 0 Å². The van der Waals surface area contributed by atoms with Crippen molar-refractivity contribution in [3.05, 3.63) is 21.9 Å². The Kier molecular flexibility index (Phi) is 9.35. The van der Waals surface area contributed by atoms with E-state index in [0.29, 0.717) is 12.5 Å². The molecule has 28 heavy (non-hydrogen) atoms. The lowest BCUT2D eigenvalue weighted by molar-refractivity contribution is 0.372. The van der Waals surface area contributed by atoms with E-state index in [-0.39, 0.29) is 24.0 Å². The third-order valence-electron chi connectivity index (χ3n) is 4.41. The summed E-state index contributed by atoms with van der Waals surface area (Å²) in [4.78, 5) is 18.8. The van der Waals surface area contributed by atoms with Gasteiger partial charge in [-0.3, -0.25) is 0 Å². The maximum atomic E-state index is 4.83. The molecule has 156 valence electrons. The van der Waals surface area contributed by atoms with Gasteiger partial charge in [0.2, 0.25) is 5.13 Å². The Morgan fingerprint density at radius 3 is 2.54 bits per heavy atom. The zero-order chi connectivity index (χ0) is 19.2. The molecule has 0 aliphatic carbocycles. The first kappa shape index (κ1) is 23.3. The Balaban J connectivity index is 0.00000280. The first-order valence-electron chi connectivity index (χ1n) is 9.65. The fraction of sp³-hybridized carbons (Fsp3) is 0.667. The molecule has 7 nitrogen and oxygen atoms in total. The first-order valence-corrected chi connectivity index (χ1v) is 11.3. The van der Waals surface area contributed by atoms with E-state index < -0.39 is 0 Å². The average Bonchev–Trinajstić information content (AvgIpc) is 3.35. The highest BCUT2D eigenvalue weighted by Gasteiger charge is 2.22. The van der Waals surface area contributed by atoms with Crippen LogP contribution in [0.15, 0.2) is 10.4 Å². The van der Waals surface area contributed by atoms with Gasteiger partial charge in [0.15, 0.2) is 5.96 Å². The summed E-state index contributed by atoms with van der Waals surface area (Å²) in [7, 11) is 0. The van der Waals surface area contributed by atoms with E-state index in [1.54, 1.807) is 11.3 Å². The normalized spacial score (nSPS) is 15.1. The predicted molar refractivity (Wildman–Crippen MR) is 130 cm³/mol. The summed E-state index contributed by atoms with van der Waals surface area (Å²) in [5, 5.41) is 7.78. The van der Waals surface area contributed by atoms with Crippen LogP contribution in [-0.4, -0.2) is 57.9 Å². The molecule has 0 saturated carbocycles. The van der Waals surface area contributed by atoms with Crippen molar-refractivity contribution in [2.24, 2.45) is 4.99 Å². The van der Waals surface area contributed by atoms with Crippen molar-refractivity contribution in [2.45, 2.75) is 46.6 Å². The number of aromatic nitrogens is 3. The number of piperazine rings is 1. The second kappa shape index (κ2) is 11.2. The van der Waals surface area contributed by atoms with Crippen LogP contribution in [0.25, 0.3) is 0 Å². The number of nitrogens with one attached hydrogen (secondary N) is 1. The minimum atomic E-state index is 0. The SMILES string of the molecule is CCNC(=NCc1csc(C(C)C)n1)N1CCN(c2nc(CC)ns2)CC1.I. The van der Waals surface area contributed by atoms with Crippen LogP contribution in [0.1, 0.15) is 50.1 Å². The van der Waals surface area contributed by atoms with E-state index in [9.17, 15) is 0 Å². The molecule has 0 aromatic carbocycles. The Bertz CT molecular complexity index is 751. The number of anilines is 1. The van der Waals surface area contributed by atoms with Gasteiger partial charge in [-0.2, -0.15) is 4.37 Å². The summed E-state index contributed by atoms with van der Waals surface area (Å²) in [6.45, 7) is 13.8. The zero-order valence-corrected chi connectivity index (χ0v) is 21.0. The Morgan fingerprint density at radius 2 is 1.96 bits per heavy atom. The van der Waals surface area contributed by atoms with Gasteiger partial charge in [-0.1, -0.05) is 20.8 Å². The van der Waals surface area contributed by atoms with Crippen molar-refractivity contribution in [3.8, 4) is 0 Å². The molecule has 10 heteroatoms. The maximum absolute atomic E-state index is 4.83. The highest BCUT2D eigenvalue weighted by atomic mass is 127. The molecule has 3 rings (SSSR count). The second-order valence-electron chi connectivity index (χ2n) is 6.82. The summed E-state index contributed by atoms with van der Waals surface area (Å²) < 4.78 is 4.40. The van der Waals surface area contributed by atoms with Crippen molar-refractivity contribution in [1.29, 1.82) is 0 Å². The number of hydrogen-bond acceptors (Lipinski definition) is 7. The summed E-state index contributed by atoms with van der Waals surface area (Å²) in [6.07, 6.45) is 0.892. The van der Waals surface area contributed by atoms with E-state index in [0.717, 1.165) is 61.8 Å². The lowest BCUT2D eigenvalue weighted by Crippen LogP contribution is -2.52. The summed E-state index contributed by atoms with van der Waals surface area (Å²) in [6, 6.07) is 0. The fourth-order valence-electron chi connectivity index (χ4n) is 2.87. The number of aliphatic imine (C=N–C) groups is 1. The van der Waals surface area contributed by atoms with Crippen LogP contribution >= 0.6 is 46.8 Å². The van der Waals surface area contributed by atoms with E-state index in [4.69, 9.17) is 9.98 Å². The lowest BCUT2D eigenvalue weighted by atomic mass is 10.2. The summed E-state index contributed by atoms with van der Waals surface area (Å²) in [5.74, 6) is 2.39. The molecule has 0 atom stereocenters. The summed E-state index contributed by atoms with van der Waals surface area (Å²) in [5.41, 5.74) is 1.05. The number of nitrogens with zero attached hydrogens (tertiary/aromatic N) is 6. The minimum Gasteiger partial charge on any atom is -0.357 e. The number of aryl methyl sites for hydroxylation is 1. The van der Waals surface area contributed by atoms with Crippen LogP contribution in [-0.2, 0) is 13.0 Å². The van der Waals surface area contributed by atoms with Crippen molar-refractivity contribution in [2.75, 3.05) is 37.6 Å². The van der Waals surface area contributed by atoms with Gasteiger partial charge in [-0.25, -0.2) is 15.0 Å². The molecule has 2 aromatic rings. The van der Waals surface area contributed by atoms with Crippen molar-refractivity contribution >= 4 is 57.9 Å². The quantitative estimate of drug-likeness (QED) is 0.347. The van der Waals surface area contributed by atoms with Gasteiger partial charge in [0.1, 0.15) is 5.82 Å². The van der Waals surface area contributed by atoms with Gasteiger partial charge in [-0.15, -0.1) is 35.3 Å². The molecule has 2 aromatic heterocycles. The fourth-order valence-corrected chi connectivity index (χ4v) is 4.50. The number of thiazole rings is 1. The van der Waals surface area contributed by atoms with Crippen LogP contribution in [0.5, 0.6) is 0 Å². The standard InChI is InChI=1S/C18H29N7S2.HI/c1-5-15-22-18(27-23-15)25-9-7-24(8-10-25)17(19-6-2)20-11-14-12-26-16(21-14)13(3)4;/h12-13H,5-11H2,1-4H3,(H,19,20);1H. The molecule has 1 saturated heterocycles. The number of rotatable bonds is 6. The second-order valence-corrected chi connectivity index (χ2v) is 8.44. The molecular weight excluding hydrogens is 505 g/mol. The van der Waals surface area contributed by atoms with E-state index in [1.807, 2.05) is 0 Å². The van der Waals surface area contributed by atoms with Crippen LogP contribution in [0.4, 0.5) is 5.13 Å². The van der Waals surface area contributed by atoms with E-state index >= 15 is 0 Å². The molecular formula is C18H30IN7S2. The average molecular weight is 536 g/mol. The van der Waals surface area contributed by atoms with Crippen molar-refractivity contribution in [3.63, 3.8) is 0 Å². The van der Waals surface area contributed by atoms with Gasteiger partial charge in [0.25, 0.3) is 0 Å². The van der Waals surface area contributed by atoms with Crippen LogP contribution in [0, 0.1) is 0 Å². The lowest BCUT2D eigenvalue weighted by Gasteiger charge is -2.36. The predicted octanol–water partition coefficient (Wildman–Crippen LogP) is 3.59. The zero-order valence-electron chi connectivity index (χ0n) is 17.0. The number of halogens is 1. The number of hydrogen-bond donors (Lipinski definition) is 1. The van der Waals surface area contributed by atoms with Crippen molar-refractivity contribution in [1.82, 2.24) is 24.6 Å². The molecule has 1 aliphatic rings. The van der Waals surface area contributed by atoms with Gasteiger partial charge >= 0.3 is 0 Å². The molecule has 0 spiro atoms. The summed E-state index contributed by atoms with van der Waals surface area (Å²) >= 11 is 3.23. The highest BCUT2D eigenvalue weighted by molar-refractivity contribution is 14.0. The molecule has 0 radical (unpaired) electrons. The Morgan fingerprint density at radius 1 is 1.21 bits per heavy atom. The molecule has 3 heterocycles. The van der Waals surface area contributed by atoms with E-state index in [2.05, 4.69) is 57.5 Å². The Labute approximate surface area is 192 Å². The topological polar surface area (TPSA) is 69.5 Å². The first-order chi connectivity index (χ1) is 13.1. The Hall–Kier alpha value is -1.01. The largest absolute Gasteiger partial charge is 0.357 e. The van der Waals surface area contributed by atoms with E-state index in [1.165, 1.54) is 16.5 Å². The van der Waals surface area contributed by atoms with Gasteiger partial charge in [0.05, 0.1) is 17.2 Å². The molecule has 1 aliphatic heterocycles. The molecule has 1 N–H and O–H groups in total. The minimum absolute atomic E-state index is 0. The smallest absolute Gasteiger partial charge is 0.205 e. The molecule has 0 bridgehead atoms. The third kappa shape index (κ3) is 5.99. The van der Waals surface area contributed by atoms with Crippen LogP contribution < -0.4 is 10.2 Å². The number of guanidine groups is 1. The van der Waals surface area contributed by atoms with Crippen LogP contribution in [0.3, 0.4) is 0 Å². The van der Waals surface area contributed by atoms with Gasteiger partial charge < -0.3 is 15.1 Å². The molecule has 0 unspecified atom stereocenters. The maximum Gasteiger partial charge on any atom is 0.205 e. The van der Waals surface area contributed by atoms with Gasteiger partial charge in [0, 0.05) is 62.0 Å².